The van der Waals surface area contributed by atoms with Crippen LogP contribution in [0.2, 0.25) is 0 Å². The van der Waals surface area contributed by atoms with Crippen LogP contribution >= 0.6 is 11.8 Å². The predicted molar refractivity (Wildman–Crippen MR) is 51.5 cm³/mol. The SMILES string of the molecule is CCC1(C)CC(C(=O)O)CCS1. The Labute approximate surface area is 77.7 Å². The summed E-state index contributed by atoms with van der Waals surface area (Å²) in [5.74, 6) is 0.285. The molecule has 1 aliphatic rings. The second kappa shape index (κ2) is 3.69. The van der Waals surface area contributed by atoms with Crippen LogP contribution in [-0.2, 0) is 4.79 Å². The van der Waals surface area contributed by atoms with E-state index in [0.29, 0.717) is 0 Å². The summed E-state index contributed by atoms with van der Waals surface area (Å²) in [6.45, 7) is 4.31. The van der Waals surface area contributed by atoms with Gasteiger partial charge in [-0.25, -0.2) is 0 Å². The van der Waals surface area contributed by atoms with Gasteiger partial charge in [-0.15, -0.1) is 0 Å². The van der Waals surface area contributed by atoms with Gasteiger partial charge in [0, 0.05) is 4.75 Å². The molecule has 1 fully saturated rings. The Morgan fingerprint density at radius 2 is 2.42 bits per heavy atom. The molecule has 2 unspecified atom stereocenters. The van der Waals surface area contributed by atoms with E-state index in [2.05, 4.69) is 13.8 Å². The van der Waals surface area contributed by atoms with Crippen LogP contribution in [0.4, 0.5) is 0 Å². The van der Waals surface area contributed by atoms with Gasteiger partial charge in [0.2, 0.25) is 0 Å². The average Bonchev–Trinajstić information content (AvgIpc) is 2.05. The smallest absolute Gasteiger partial charge is 0.306 e. The highest BCUT2D eigenvalue weighted by Crippen LogP contribution is 2.41. The third-order valence-corrected chi connectivity index (χ3v) is 4.28. The summed E-state index contributed by atoms with van der Waals surface area (Å²) in [4.78, 5) is 10.7. The molecule has 12 heavy (non-hydrogen) atoms. The van der Waals surface area contributed by atoms with Crippen LogP contribution in [0.25, 0.3) is 0 Å². The van der Waals surface area contributed by atoms with E-state index in [1.165, 1.54) is 0 Å². The molecule has 1 saturated heterocycles. The minimum atomic E-state index is -0.616. The van der Waals surface area contributed by atoms with E-state index in [9.17, 15) is 4.79 Å². The van der Waals surface area contributed by atoms with Crippen molar-refractivity contribution in [3.63, 3.8) is 0 Å². The zero-order valence-corrected chi connectivity index (χ0v) is 8.49. The molecule has 0 saturated carbocycles. The monoisotopic (exact) mass is 188 g/mol. The number of aliphatic carboxylic acids is 1. The van der Waals surface area contributed by atoms with E-state index in [0.717, 1.165) is 25.0 Å². The molecule has 3 heteroatoms. The second-order valence-electron chi connectivity index (χ2n) is 3.68. The Morgan fingerprint density at radius 1 is 1.75 bits per heavy atom. The summed E-state index contributed by atoms with van der Waals surface area (Å²) >= 11 is 1.92. The lowest BCUT2D eigenvalue weighted by Crippen LogP contribution is -2.32. The lowest BCUT2D eigenvalue weighted by molar-refractivity contribution is -0.142. The first-order valence-electron chi connectivity index (χ1n) is 4.44. The third kappa shape index (κ3) is 2.16. The largest absolute Gasteiger partial charge is 0.481 e. The molecule has 2 nitrogen and oxygen atoms in total. The highest BCUT2D eigenvalue weighted by molar-refractivity contribution is 8.00. The highest BCUT2D eigenvalue weighted by Gasteiger charge is 2.34. The normalized spacial score (nSPS) is 36.3. The van der Waals surface area contributed by atoms with Gasteiger partial charge in [-0.1, -0.05) is 13.8 Å². The summed E-state index contributed by atoms with van der Waals surface area (Å²) in [5, 5.41) is 8.86. The van der Waals surface area contributed by atoms with E-state index in [4.69, 9.17) is 5.11 Å². The van der Waals surface area contributed by atoms with Gasteiger partial charge in [-0.3, -0.25) is 4.79 Å². The molecule has 0 radical (unpaired) electrons. The fourth-order valence-corrected chi connectivity index (χ4v) is 3.01. The molecule has 0 aromatic heterocycles. The molecule has 0 amide bonds. The molecule has 0 aliphatic carbocycles. The quantitative estimate of drug-likeness (QED) is 0.723. The Balaban J connectivity index is 2.57. The second-order valence-corrected chi connectivity index (χ2v) is 5.36. The molecule has 0 aromatic carbocycles. The summed E-state index contributed by atoms with van der Waals surface area (Å²) in [5.41, 5.74) is 0. The van der Waals surface area contributed by atoms with E-state index < -0.39 is 5.97 Å². The van der Waals surface area contributed by atoms with Crippen molar-refractivity contribution < 1.29 is 9.90 Å². The first kappa shape index (κ1) is 9.90. The van der Waals surface area contributed by atoms with Crippen LogP contribution in [0.15, 0.2) is 0 Å². The van der Waals surface area contributed by atoms with Crippen molar-refractivity contribution in [2.45, 2.75) is 37.9 Å². The Hall–Kier alpha value is -0.180. The van der Waals surface area contributed by atoms with E-state index >= 15 is 0 Å². The zero-order valence-electron chi connectivity index (χ0n) is 7.67. The van der Waals surface area contributed by atoms with Crippen LogP contribution in [0, 0.1) is 5.92 Å². The molecular formula is C9H16O2S. The molecule has 0 spiro atoms. The van der Waals surface area contributed by atoms with Crippen LogP contribution in [-0.4, -0.2) is 21.6 Å². The number of carboxylic acid groups (broad SMARTS) is 1. The van der Waals surface area contributed by atoms with Crippen molar-refractivity contribution >= 4 is 17.7 Å². The predicted octanol–water partition coefficient (Wildman–Crippen LogP) is 2.38. The van der Waals surface area contributed by atoms with Gasteiger partial charge in [0.1, 0.15) is 0 Å². The van der Waals surface area contributed by atoms with Crippen LogP contribution in [0.3, 0.4) is 0 Å². The van der Waals surface area contributed by atoms with Crippen molar-refractivity contribution in [2.24, 2.45) is 5.92 Å². The summed E-state index contributed by atoms with van der Waals surface area (Å²) in [6.07, 6.45) is 2.75. The van der Waals surface area contributed by atoms with Gasteiger partial charge in [0.25, 0.3) is 0 Å². The molecule has 0 bridgehead atoms. The zero-order chi connectivity index (χ0) is 9.19. The topological polar surface area (TPSA) is 37.3 Å². The molecule has 0 aromatic rings. The number of hydrogen-bond acceptors (Lipinski definition) is 2. The summed E-state index contributed by atoms with van der Waals surface area (Å²) < 4.78 is 0.210. The van der Waals surface area contributed by atoms with Gasteiger partial charge < -0.3 is 5.11 Å². The van der Waals surface area contributed by atoms with Crippen molar-refractivity contribution in [3.8, 4) is 0 Å². The van der Waals surface area contributed by atoms with E-state index in [1.54, 1.807) is 0 Å². The van der Waals surface area contributed by atoms with Crippen LogP contribution in [0.1, 0.15) is 33.1 Å². The maximum Gasteiger partial charge on any atom is 0.306 e. The number of hydrogen-bond donors (Lipinski definition) is 1. The van der Waals surface area contributed by atoms with Gasteiger partial charge in [-0.05, 0) is 25.0 Å². The lowest BCUT2D eigenvalue weighted by Gasteiger charge is -2.35. The van der Waals surface area contributed by atoms with E-state index in [-0.39, 0.29) is 10.7 Å². The number of carboxylic acids is 1. The van der Waals surface area contributed by atoms with Crippen molar-refractivity contribution in [2.75, 3.05) is 5.75 Å². The molecule has 1 rings (SSSR count). The number of thioether (sulfide) groups is 1. The maximum atomic E-state index is 10.7. The fraction of sp³-hybridized carbons (Fsp3) is 0.889. The molecule has 70 valence electrons. The maximum absolute atomic E-state index is 10.7. The molecule has 2 atom stereocenters. The first-order valence-corrected chi connectivity index (χ1v) is 5.43. The standard InChI is InChI=1S/C9H16O2S/c1-3-9(2)6-7(8(10)11)4-5-12-9/h7H,3-6H2,1-2H3,(H,10,11). The average molecular weight is 188 g/mol. The van der Waals surface area contributed by atoms with Gasteiger partial charge in [0.05, 0.1) is 5.92 Å². The van der Waals surface area contributed by atoms with Gasteiger partial charge in [0.15, 0.2) is 0 Å². The van der Waals surface area contributed by atoms with Gasteiger partial charge in [-0.2, -0.15) is 11.8 Å². The molecular weight excluding hydrogens is 172 g/mol. The van der Waals surface area contributed by atoms with Crippen molar-refractivity contribution in [3.05, 3.63) is 0 Å². The van der Waals surface area contributed by atoms with Crippen LogP contribution in [0.5, 0.6) is 0 Å². The molecule has 1 aliphatic heterocycles. The van der Waals surface area contributed by atoms with Gasteiger partial charge >= 0.3 is 5.97 Å². The summed E-state index contributed by atoms with van der Waals surface area (Å²) in [6, 6.07) is 0. The Bertz CT molecular complexity index is 181. The molecule has 1 heterocycles. The van der Waals surface area contributed by atoms with E-state index in [1.807, 2.05) is 11.8 Å². The first-order chi connectivity index (χ1) is 5.57. The fourth-order valence-electron chi connectivity index (χ4n) is 1.59. The van der Waals surface area contributed by atoms with Crippen molar-refractivity contribution in [1.82, 2.24) is 0 Å². The number of rotatable bonds is 2. The minimum Gasteiger partial charge on any atom is -0.481 e. The lowest BCUT2D eigenvalue weighted by atomic mass is 9.91. The highest BCUT2D eigenvalue weighted by atomic mass is 32.2. The van der Waals surface area contributed by atoms with Crippen molar-refractivity contribution in [1.29, 1.82) is 0 Å². The third-order valence-electron chi connectivity index (χ3n) is 2.69. The number of carbonyl (C=O) groups is 1. The Morgan fingerprint density at radius 3 is 2.92 bits per heavy atom. The van der Waals surface area contributed by atoms with Crippen LogP contribution < -0.4 is 0 Å². The Kier molecular flexibility index (Phi) is 3.04. The minimum absolute atomic E-state index is 0.101. The molecule has 1 N–H and O–H groups in total. The summed E-state index contributed by atoms with van der Waals surface area (Å²) in [7, 11) is 0.